The summed E-state index contributed by atoms with van der Waals surface area (Å²) < 4.78 is 78.4. The van der Waals surface area contributed by atoms with Crippen LogP contribution in [0.3, 0.4) is 0 Å². The lowest BCUT2D eigenvalue weighted by Crippen LogP contribution is -2.71. The molecule has 0 aliphatic heterocycles. The quantitative estimate of drug-likeness (QED) is 0.424. The number of halogens is 7. The largest absolute Gasteiger partial charge is 0.828 e. The summed E-state index contributed by atoms with van der Waals surface area (Å²) in [4.78, 5) is 11.0. The topological polar surface area (TPSA) is 49.4 Å². The molecule has 0 atom stereocenters. The number of carbonyl (C=O) groups is 1. The number of rotatable bonds is 3. The average molecular weight is 427 g/mol. The van der Waals surface area contributed by atoms with Gasteiger partial charge in [0.2, 0.25) is 0 Å². The molecule has 0 fully saturated rings. The zero-order chi connectivity index (χ0) is 16.5. The molecule has 0 aliphatic rings. The van der Waals surface area contributed by atoms with E-state index in [0.29, 0.717) is 0 Å². The number of carbonyl (C=O) groups excluding carboxylic acids is 1. The van der Waals surface area contributed by atoms with Gasteiger partial charge in [-0.05, 0) is 40.3 Å². The molecule has 1 aromatic rings. The van der Waals surface area contributed by atoms with Gasteiger partial charge >= 0.3 is 18.3 Å². The van der Waals surface area contributed by atoms with E-state index >= 15 is 0 Å². The molecule has 1 rings (SSSR count). The van der Waals surface area contributed by atoms with E-state index in [1.54, 1.807) is 0 Å². The first-order valence-corrected chi connectivity index (χ1v) is 6.23. The number of benzene rings is 1. The average Bonchev–Trinajstić information content (AvgIpc) is 2.34. The Morgan fingerprint density at radius 3 is 1.86 bits per heavy atom. The second-order valence-corrected chi connectivity index (χ2v) is 5.12. The summed E-state index contributed by atoms with van der Waals surface area (Å²) in [6.07, 6.45) is -12.7. The van der Waals surface area contributed by atoms with Crippen molar-refractivity contribution in [2.45, 2.75) is 24.6 Å². The molecule has 0 amide bonds. The molecule has 0 heterocycles. The molecule has 0 radical (unpaired) electrons. The van der Waals surface area contributed by atoms with E-state index in [1.165, 1.54) is 24.3 Å². The van der Waals surface area contributed by atoms with E-state index in [-0.39, 0.29) is 5.56 Å². The Morgan fingerprint density at radius 1 is 1.05 bits per heavy atom. The lowest BCUT2D eigenvalue weighted by Gasteiger charge is -2.40. The smallest absolute Gasteiger partial charge is 0.399 e. The predicted octanol–water partition coefficient (Wildman–Crippen LogP) is 2.56. The van der Waals surface area contributed by atoms with Crippen LogP contribution in [0.25, 0.3) is 0 Å². The van der Waals surface area contributed by atoms with Gasteiger partial charge in [-0.1, -0.05) is 12.1 Å². The van der Waals surface area contributed by atoms with Crippen LogP contribution in [0.2, 0.25) is 0 Å². The predicted molar refractivity (Wildman–Crippen MR) is 63.8 cm³/mol. The van der Waals surface area contributed by atoms with Crippen LogP contribution in [0.15, 0.2) is 24.3 Å². The van der Waals surface area contributed by atoms with Crippen LogP contribution in [0.5, 0.6) is 0 Å². The van der Waals surface area contributed by atoms with E-state index in [9.17, 15) is 36.2 Å². The highest BCUT2D eigenvalue weighted by atomic mass is 127. The summed E-state index contributed by atoms with van der Waals surface area (Å²) in [5, 5.41) is 11.0. The Balaban J connectivity index is 2.91. The standard InChI is InChI=1S/C11H6F6IO3/c12-10(13,14)9(20,11(15,16)17)8(19)21-5-6-1-3-7(18)4-2-6/h1-4H,5H2/q-1. The maximum absolute atomic E-state index is 12.3. The minimum atomic E-state index is -6.35. The molecule has 118 valence electrons. The fourth-order valence-electron chi connectivity index (χ4n) is 1.22. The van der Waals surface area contributed by atoms with Gasteiger partial charge in [-0.25, -0.2) is 0 Å². The fraction of sp³-hybridized carbons (Fsp3) is 0.364. The van der Waals surface area contributed by atoms with Crippen LogP contribution in [0.4, 0.5) is 26.3 Å². The lowest BCUT2D eigenvalue weighted by molar-refractivity contribution is -0.574. The second kappa shape index (κ2) is 5.99. The van der Waals surface area contributed by atoms with Gasteiger partial charge < -0.3 is 9.84 Å². The molecule has 0 aliphatic carbocycles. The van der Waals surface area contributed by atoms with Crippen LogP contribution in [-0.2, 0) is 16.1 Å². The normalized spacial score (nSPS) is 13.1. The van der Waals surface area contributed by atoms with Crippen molar-refractivity contribution in [3.8, 4) is 0 Å². The van der Waals surface area contributed by atoms with Gasteiger partial charge in [-0.3, -0.25) is 4.79 Å². The van der Waals surface area contributed by atoms with E-state index in [1.807, 2.05) is 22.6 Å². The van der Waals surface area contributed by atoms with Crippen molar-refractivity contribution in [1.82, 2.24) is 0 Å². The summed E-state index contributed by atoms with van der Waals surface area (Å²) in [6.45, 7) is -0.869. The fourth-order valence-corrected chi connectivity index (χ4v) is 1.58. The molecule has 0 N–H and O–H groups in total. The monoisotopic (exact) mass is 427 g/mol. The molecular formula is C11H6F6IO3-. The van der Waals surface area contributed by atoms with Crippen LogP contribution in [-0.4, -0.2) is 23.9 Å². The van der Waals surface area contributed by atoms with E-state index in [0.717, 1.165) is 3.57 Å². The maximum Gasteiger partial charge on any atom is 0.399 e. The third-order valence-electron chi connectivity index (χ3n) is 2.37. The number of hydrogen-bond acceptors (Lipinski definition) is 3. The van der Waals surface area contributed by atoms with Crippen molar-refractivity contribution in [3.05, 3.63) is 33.4 Å². The van der Waals surface area contributed by atoms with Crippen molar-refractivity contribution >= 4 is 28.6 Å². The van der Waals surface area contributed by atoms with Gasteiger partial charge in [-0.2, -0.15) is 26.3 Å². The Kier molecular flexibility index (Phi) is 5.13. The molecule has 0 aromatic heterocycles. The maximum atomic E-state index is 12.3. The molecule has 0 saturated heterocycles. The van der Waals surface area contributed by atoms with Crippen molar-refractivity contribution in [2.75, 3.05) is 0 Å². The molecule has 0 spiro atoms. The first kappa shape index (κ1) is 18.0. The Hall–Kier alpha value is -1.04. The van der Waals surface area contributed by atoms with E-state index < -0.39 is 30.5 Å². The van der Waals surface area contributed by atoms with Crippen LogP contribution >= 0.6 is 22.6 Å². The molecular weight excluding hydrogens is 421 g/mol. The first-order valence-electron chi connectivity index (χ1n) is 5.15. The Morgan fingerprint density at radius 2 is 1.48 bits per heavy atom. The molecule has 3 nitrogen and oxygen atoms in total. The van der Waals surface area contributed by atoms with Crippen molar-refractivity contribution in [3.63, 3.8) is 0 Å². The minimum Gasteiger partial charge on any atom is -0.828 e. The molecule has 10 heteroatoms. The molecule has 0 unspecified atom stereocenters. The third-order valence-corrected chi connectivity index (χ3v) is 3.09. The lowest BCUT2D eigenvalue weighted by atomic mass is 10.0. The number of esters is 1. The van der Waals surface area contributed by atoms with Crippen molar-refractivity contribution in [1.29, 1.82) is 0 Å². The van der Waals surface area contributed by atoms with Crippen LogP contribution in [0, 0.1) is 3.57 Å². The van der Waals surface area contributed by atoms with Gasteiger partial charge in [0.25, 0.3) is 0 Å². The summed E-state index contributed by atoms with van der Waals surface area (Å²) in [5.74, 6) is -2.93. The van der Waals surface area contributed by atoms with Crippen molar-refractivity contribution < 1.29 is 41.0 Å². The second-order valence-electron chi connectivity index (χ2n) is 3.88. The SMILES string of the molecule is O=C(OCc1ccc(I)cc1)C([O-])(C(F)(F)F)C(F)(F)F. The number of ether oxygens (including phenoxy) is 1. The Labute approximate surface area is 128 Å². The van der Waals surface area contributed by atoms with Gasteiger partial charge in [0.05, 0.1) is 0 Å². The summed E-state index contributed by atoms with van der Waals surface area (Å²) >= 11 is 1.92. The molecule has 0 saturated carbocycles. The summed E-state index contributed by atoms with van der Waals surface area (Å²) in [7, 11) is 0. The Bertz CT molecular complexity index is 494. The third kappa shape index (κ3) is 3.78. The van der Waals surface area contributed by atoms with E-state index in [4.69, 9.17) is 0 Å². The van der Waals surface area contributed by atoms with Crippen molar-refractivity contribution in [2.24, 2.45) is 0 Å². The highest BCUT2D eigenvalue weighted by Crippen LogP contribution is 2.41. The zero-order valence-electron chi connectivity index (χ0n) is 9.89. The highest BCUT2D eigenvalue weighted by molar-refractivity contribution is 14.1. The highest BCUT2D eigenvalue weighted by Gasteiger charge is 2.68. The van der Waals surface area contributed by atoms with Gasteiger partial charge in [0.15, 0.2) is 5.60 Å². The van der Waals surface area contributed by atoms with E-state index in [2.05, 4.69) is 4.74 Å². The molecule has 1 aromatic carbocycles. The van der Waals surface area contributed by atoms with Gasteiger partial charge in [0.1, 0.15) is 6.61 Å². The number of hydrogen-bond donors (Lipinski definition) is 0. The van der Waals surface area contributed by atoms with Crippen LogP contribution < -0.4 is 5.11 Å². The molecule has 21 heavy (non-hydrogen) atoms. The zero-order valence-corrected chi connectivity index (χ0v) is 12.0. The van der Waals surface area contributed by atoms with Gasteiger partial charge in [0, 0.05) is 3.57 Å². The number of alkyl halides is 6. The van der Waals surface area contributed by atoms with Crippen LogP contribution in [0.1, 0.15) is 5.56 Å². The summed E-state index contributed by atoms with van der Waals surface area (Å²) in [6, 6.07) is 5.68. The first-order chi connectivity index (χ1) is 9.39. The molecule has 0 bridgehead atoms. The van der Waals surface area contributed by atoms with Gasteiger partial charge in [-0.15, -0.1) is 0 Å². The summed E-state index contributed by atoms with van der Waals surface area (Å²) in [5.41, 5.74) is -5.65. The minimum absolute atomic E-state index is 0.149.